The summed E-state index contributed by atoms with van der Waals surface area (Å²) >= 11 is 0. The van der Waals surface area contributed by atoms with Crippen molar-refractivity contribution in [3.63, 3.8) is 0 Å². The minimum atomic E-state index is -3.21. The number of unbranched alkanes of at least 4 members (excludes halogenated alkanes) is 2. The summed E-state index contributed by atoms with van der Waals surface area (Å²) in [6, 6.07) is 3.61. The van der Waals surface area contributed by atoms with Gasteiger partial charge >= 0.3 is 0 Å². The van der Waals surface area contributed by atoms with Gasteiger partial charge in [-0.3, -0.25) is 4.79 Å². The Balaban J connectivity index is 2.47. The van der Waals surface area contributed by atoms with Crippen molar-refractivity contribution in [3.8, 4) is 0 Å². The van der Waals surface area contributed by atoms with Crippen molar-refractivity contribution >= 4 is 27.1 Å². The van der Waals surface area contributed by atoms with Gasteiger partial charge in [0.1, 0.15) is 5.82 Å². The summed E-state index contributed by atoms with van der Waals surface area (Å²) < 4.78 is 36.3. The quantitative estimate of drug-likeness (QED) is 0.569. The fourth-order valence-electron chi connectivity index (χ4n) is 1.78. The normalized spacial score (nSPS) is 11.3. The van der Waals surface area contributed by atoms with Crippen LogP contribution in [0.1, 0.15) is 32.6 Å². The third kappa shape index (κ3) is 6.57. The number of amides is 1. The Kier molecular flexibility index (Phi) is 6.61. The first-order chi connectivity index (χ1) is 9.84. The second-order valence-electron chi connectivity index (χ2n) is 4.89. The van der Waals surface area contributed by atoms with Crippen LogP contribution >= 0.6 is 0 Å². The summed E-state index contributed by atoms with van der Waals surface area (Å²) in [5.41, 5.74) is 5.95. The molecule has 0 aliphatic heterocycles. The first-order valence-corrected chi connectivity index (χ1v) is 8.71. The summed E-state index contributed by atoms with van der Waals surface area (Å²) in [6.45, 7) is 1.99. The largest absolute Gasteiger partial charge is 0.397 e. The standard InChI is InChI=1S/C14H21FN2O3S/c1-2-3-4-8-21(19,20)9-7-14(18)17-13-6-5-11(15)10-12(13)16/h5-6,10H,2-4,7-9,16H2,1H3,(H,17,18). The van der Waals surface area contributed by atoms with Crippen LogP contribution in [0.2, 0.25) is 0 Å². The van der Waals surface area contributed by atoms with E-state index in [9.17, 15) is 17.6 Å². The molecule has 5 nitrogen and oxygen atoms in total. The average molecular weight is 316 g/mol. The van der Waals surface area contributed by atoms with Crippen molar-refractivity contribution < 1.29 is 17.6 Å². The monoisotopic (exact) mass is 316 g/mol. The van der Waals surface area contributed by atoms with Gasteiger partial charge < -0.3 is 11.1 Å². The molecule has 118 valence electrons. The summed E-state index contributed by atoms with van der Waals surface area (Å²) in [4.78, 5) is 11.7. The molecule has 21 heavy (non-hydrogen) atoms. The maximum Gasteiger partial charge on any atom is 0.225 e. The highest BCUT2D eigenvalue weighted by molar-refractivity contribution is 7.91. The van der Waals surface area contributed by atoms with Gasteiger partial charge in [0.15, 0.2) is 9.84 Å². The van der Waals surface area contributed by atoms with Gasteiger partial charge in [0.2, 0.25) is 5.91 Å². The molecule has 0 aliphatic carbocycles. The molecule has 0 saturated heterocycles. The van der Waals surface area contributed by atoms with E-state index in [2.05, 4.69) is 5.32 Å². The van der Waals surface area contributed by atoms with Crippen LogP contribution in [0.4, 0.5) is 15.8 Å². The number of nitrogens with one attached hydrogen (secondary N) is 1. The van der Waals surface area contributed by atoms with E-state index in [1.807, 2.05) is 6.92 Å². The Morgan fingerprint density at radius 2 is 2.00 bits per heavy atom. The predicted octanol–water partition coefficient (Wildman–Crippen LogP) is 2.34. The number of nitrogens with two attached hydrogens (primary N) is 1. The van der Waals surface area contributed by atoms with E-state index in [-0.39, 0.29) is 29.3 Å². The molecule has 0 aliphatic rings. The summed E-state index contributed by atoms with van der Waals surface area (Å²) in [6.07, 6.45) is 2.29. The maximum atomic E-state index is 12.9. The number of rotatable bonds is 8. The number of benzene rings is 1. The molecular formula is C14H21FN2O3S. The number of halogens is 1. The maximum absolute atomic E-state index is 12.9. The van der Waals surface area contributed by atoms with Gasteiger partial charge in [-0.2, -0.15) is 0 Å². The molecule has 7 heteroatoms. The second kappa shape index (κ2) is 7.97. The Labute approximate surface area is 124 Å². The third-order valence-electron chi connectivity index (χ3n) is 2.99. The lowest BCUT2D eigenvalue weighted by Crippen LogP contribution is -2.19. The second-order valence-corrected chi connectivity index (χ2v) is 7.19. The zero-order valence-electron chi connectivity index (χ0n) is 12.1. The van der Waals surface area contributed by atoms with Crippen LogP contribution in [-0.2, 0) is 14.6 Å². The van der Waals surface area contributed by atoms with Crippen LogP contribution in [0.5, 0.6) is 0 Å². The molecule has 0 aromatic heterocycles. The smallest absolute Gasteiger partial charge is 0.225 e. The van der Waals surface area contributed by atoms with Crippen LogP contribution in [0, 0.1) is 5.82 Å². The Bertz CT molecular complexity index is 588. The van der Waals surface area contributed by atoms with Gasteiger partial charge in [-0.05, 0) is 24.6 Å². The number of nitrogen functional groups attached to an aromatic ring is 1. The molecule has 0 atom stereocenters. The van der Waals surface area contributed by atoms with Gasteiger partial charge in [0.25, 0.3) is 0 Å². The van der Waals surface area contributed by atoms with Gasteiger partial charge in [-0.25, -0.2) is 12.8 Å². The molecule has 1 rings (SSSR count). The van der Waals surface area contributed by atoms with E-state index >= 15 is 0 Å². The molecule has 0 saturated carbocycles. The number of carbonyl (C=O) groups excluding carboxylic acids is 1. The molecule has 0 spiro atoms. The highest BCUT2D eigenvalue weighted by Gasteiger charge is 2.14. The molecular weight excluding hydrogens is 295 g/mol. The van der Waals surface area contributed by atoms with Crippen molar-refractivity contribution in [2.24, 2.45) is 0 Å². The zero-order chi connectivity index (χ0) is 15.9. The fraction of sp³-hybridized carbons (Fsp3) is 0.500. The molecule has 1 aromatic carbocycles. The van der Waals surface area contributed by atoms with Crippen molar-refractivity contribution in [2.45, 2.75) is 32.6 Å². The molecule has 0 unspecified atom stereocenters. The topological polar surface area (TPSA) is 89.3 Å². The summed E-state index contributed by atoms with van der Waals surface area (Å²) in [5.74, 6) is -1.03. The Morgan fingerprint density at radius 1 is 1.29 bits per heavy atom. The van der Waals surface area contributed by atoms with E-state index in [0.717, 1.165) is 18.9 Å². The minimum Gasteiger partial charge on any atom is -0.397 e. The third-order valence-corrected chi connectivity index (χ3v) is 4.72. The first-order valence-electron chi connectivity index (χ1n) is 6.89. The van der Waals surface area contributed by atoms with Crippen molar-refractivity contribution in [1.29, 1.82) is 0 Å². The van der Waals surface area contributed by atoms with E-state index in [1.165, 1.54) is 12.1 Å². The number of sulfone groups is 1. The molecule has 0 bridgehead atoms. The molecule has 0 radical (unpaired) electrons. The van der Waals surface area contributed by atoms with E-state index in [1.54, 1.807) is 0 Å². The average Bonchev–Trinajstić information content (AvgIpc) is 2.40. The highest BCUT2D eigenvalue weighted by Crippen LogP contribution is 2.19. The van der Waals surface area contributed by atoms with Crippen LogP contribution < -0.4 is 11.1 Å². The highest BCUT2D eigenvalue weighted by atomic mass is 32.2. The van der Waals surface area contributed by atoms with Crippen molar-refractivity contribution in [2.75, 3.05) is 22.6 Å². The Morgan fingerprint density at radius 3 is 2.62 bits per heavy atom. The number of hydrogen-bond acceptors (Lipinski definition) is 4. The van der Waals surface area contributed by atoms with E-state index in [4.69, 9.17) is 5.73 Å². The lowest BCUT2D eigenvalue weighted by atomic mass is 10.2. The summed E-state index contributed by atoms with van der Waals surface area (Å²) in [5, 5.41) is 2.48. The van der Waals surface area contributed by atoms with Crippen LogP contribution in [-0.4, -0.2) is 25.8 Å². The minimum absolute atomic E-state index is 0.104. The molecule has 1 aromatic rings. The van der Waals surface area contributed by atoms with E-state index in [0.29, 0.717) is 6.42 Å². The zero-order valence-corrected chi connectivity index (χ0v) is 12.9. The summed E-state index contributed by atoms with van der Waals surface area (Å²) in [7, 11) is -3.21. The number of anilines is 2. The number of carbonyl (C=O) groups is 1. The predicted molar refractivity (Wildman–Crippen MR) is 82.2 cm³/mol. The van der Waals surface area contributed by atoms with E-state index < -0.39 is 21.6 Å². The first kappa shape index (κ1) is 17.4. The van der Waals surface area contributed by atoms with Gasteiger partial charge in [0, 0.05) is 6.42 Å². The molecule has 1 amide bonds. The lowest BCUT2D eigenvalue weighted by Gasteiger charge is -2.08. The SMILES string of the molecule is CCCCCS(=O)(=O)CCC(=O)Nc1ccc(F)cc1N. The van der Waals surface area contributed by atoms with Crippen LogP contribution in [0.25, 0.3) is 0 Å². The van der Waals surface area contributed by atoms with Gasteiger partial charge in [-0.1, -0.05) is 19.8 Å². The van der Waals surface area contributed by atoms with Crippen LogP contribution in [0.3, 0.4) is 0 Å². The van der Waals surface area contributed by atoms with Crippen molar-refractivity contribution in [1.82, 2.24) is 0 Å². The van der Waals surface area contributed by atoms with Crippen LogP contribution in [0.15, 0.2) is 18.2 Å². The molecule has 0 fully saturated rings. The van der Waals surface area contributed by atoms with Gasteiger partial charge in [-0.15, -0.1) is 0 Å². The molecule has 3 N–H and O–H groups in total. The Hall–Kier alpha value is -1.63. The van der Waals surface area contributed by atoms with Crippen molar-refractivity contribution in [3.05, 3.63) is 24.0 Å². The van der Waals surface area contributed by atoms with Gasteiger partial charge in [0.05, 0.1) is 22.9 Å². The fourth-order valence-corrected chi connectivity index (χ4v) is 3.13. The number of hydrogen-bond donors (Lipinski definition) is 2. The molecule has 0 heterocycles. The lowest BCUT2D eigenvalue weighted by molar-refractivity contribution is -0.115.